The third kappa shape index (κ3) is 2.61. The van der Waals surface area contributed by atoms with Crippen molar-refractivity contribution < 1.29 is 0 Å². The summed E-state index contributed by atoms with van der Waals surface area (Å²) in [5.74, 6) is 5.32. The molecule has 0 saturated heterocycles. The Balaban J connectivity index is 2.99. The molecule has 3 N–H and O–H groups in total. The summed E-state index contributed by atoms with van der Waals surface area (Å²) in [6, 6.07) is 0. The van der Waals surface area contributed by atoms with Crippen LogP contribution in [-0.4, -0.2) is 23.6 Å². The number of nitrogens with one attached hydrogen (secondary N) is 3. The molecule has 68 valence electrons. The van der Waals surface area contributed by atoms with Crippen LogP contribution >= 0.6 is 0 Å². The lowest BCUT2D eigenvalue weighted by Crippen LogP contribution is -2.23. The lowest BCUT2D eigenvalue weighted by molar-refractivity contribution is 0.937. The molecule has 0 atom stereocenters. The van der Waals surface area contributed by atoms with Crippen LogP contribution in [0, 0.1) is 11.8 Å². The zero-order chi connectivity index (χ0) is 9.68. The molecule has 0 fully saturated rings. The van der Waals surface area contributed by atoms with Crippen molar-refractivity contribution >= 4 is 0 Å². The first-order valence-corrected chi connectivity index (χ1v) is 3.69. The van der Waals surface area contributed by atoms with Crippen LogP contribution in [0.3, 0.4) is 0 Å². The van der Waals surface area contributed by atoms with Gasteiger partial charge in [0.2, 0.25) is 0 Å². The molecular weight excluding hydrogens is 170 g/mol. The molecule has 1 heterocycles. The van der Waals surface area contributed by atoms with Gasteiger partial charge < -0.3 is 10.3 Å². The van der Waals surface area contributed by atoms with Gasteiger partial charge in [-0.1, -0.05) is 11.8 Å². The standard InChI is InChI=1S/C8H9N3O2/c1-9-4-2-3-6-5-10-8(13)11-7(6)12/h5,9H,4H2,1H3,(H2,10,11,12,13). The first-order chi connectivity index (χ1) is 6.24. The lowest BCUT2D eigenvalue weighted by atomic mass is 10.3. The molecule has 0 aliphatic rings. The van der Waals surface area contributed by atoms with Crippen molar-refractivity contribution in [3.8, 4) is 11.8 Å². The zero-order valence-electron chi connectivity index (χ0n) is 7.10. The predicted molar refractivity (Wildman–Crippen MR) is 48.5 cm³/mol. The van der Waals surface area contributed by atoms with E-state index in [1.54, 1.807) is 7.05 Å². The third-order valence-electron chi connectivity index (χ3n) is 1.31. The van der Waals surface area contributed by atoms with Crippen molar-refractivity contribution in [1.29, 1.82) is 0 Å². The Kier molecular flexibility index (Phi) is 3.06. The Bertz CT molecular complexity index is 447. The van der Waals surface area contributed by atoms with Crippen LogP contribution in [-0.2, 0) is 0 Å². The fraction of sp³-hybridized carbons (Fsp3) is 0.250. The number of hydrogen-bond donors (Lipinski definition) is 3. The summed E-state index contributed by atoms with van der Waals surface area (Å²) in [5.41, 5.74) is -0.730. The summed E-state index contributed by atoms with van der Waals surface area (Å²) in [6.45, 7) is 0.499. The van der Waals surface area contributed by atoms with E-state index in [0.29, 0.717) is 6.54 Å². The molecular formula is C8H9N3O2. The molecule has 0 amide bonds. The maximum absolute atomic E-state index is 11.0. The van der Waals surface area contributed by atoms with E-state index in [2.05, 4.69) is 27.1 Å². The molecule has 0 radical (unpaired) electrons. The van der Waals surface area contributed by atoms with Crippen LogP contribution in [0.15, 0.2) is 15.8 Å². The molecule has 0 saturated carbocycles. The van der Waals surface area contributed by atoms with Crippen LogP contribution < -0.4 is 16.6 Å². The van der Waals surface area contributed by atoms with E-state index in [1.165, 1.54) is 6.20 Å². The van der Waals surface area contributed by atoms with Gasteiger partial charge in [-0.2, -0.15) is 0 Å². The first kappa shape index (κ1) is 9.29. The minimum absolute atomic E-state index is 0.259. The van der Waals surface area contributed by atoms with Gasteiger partial charge >= 0.3 is 5.69 Å². The highest BCUT2D eigenvalue weighted by Crippen LogP contribution is 1.77. The molecule has 0 unspecified atom stereocenters. The smallest absolute Gasteiger partial charge is 0.313 e. The van der Waals surface area contributed by atoms with Crippen molar-refractivity contribution in [1.82, 2.24) is 15.3 Å². The fourth-order valence-corrected chi connectivity index (χ4v) is 0.730. The van der Waals surface area contributed by atoms with Gasteiger partial charge in [0.15, 0.2) is 0 Å². The van der Waals surface area contributed by atoms with Gasteiger partial charge in [-0.25, -0.2) is 4.79 Å². The summed E-state index contributed by atoms with van der Waals surface area (Å²) in [7, 11) is 1.76. The van der Waals surface area contributed by atoms with E-state index >= 15 is 0 Å². The van der Waals surface area contributed by atoms with E-state index in [4.69, 9.17) is 0 Å². The second-order valence-corrected chi connectivity index (χ2v) is 2.32. The Morgan fingerprint density at radius 1 is 1.54 bits per heavy atom. The summed E-state index contributed by atoms with van der Waals surface area (Å²) in [4.78, 5) is 26.0. The topological polar surface area (TPSA) is 77.8 Å². The van der Waals surface area contributed by atoms with Crippen LogP contribution in [0.25, 0.3) is 0 Å². The summed E-state index contributed by atoms with van der Waals surface area (Å²) in [6.07, 6.45) is 1.30. The summed E-state index contributed by atoms with van der Waals surface area (Å²) < 4.78 is 0. The average molecular weight is 179 g/mol. The van der Waals surface area contributed by atoms with Gasteiger partial charge in [0.1, 0.15) is 5.56 Å². The largest absolute Gasteiger partial charge is 0.325 e. The highest BCUT2D eigenvalue weighted by atomic mass is 16.2. The molecule has 0 aliphatic heterocycles. The monoisotopic (exact) mass is 179 g/mol. The van der Waals surface area contributed by atoms with Crippen LogP contribution in [0.5, 0.6) is 0 Å². The summed E-state index contributed by atoms with van der Waals surface area (Å²) in [5, 5.41) is 2.81. The van der Waals surface area contributed by atoms with Gasteiger partial charge in [-0.15, -0.1) is 0 Å². The van der Waals surface area contributed by atoms with E-state index in [9.17, 15) is 9.59 Å². The molecule has 0 aliphatic carbocycles. The molecule has 5 nitrogen and oxygen atoms in total. The SMILES string of the molecule is CNCC#Cc1c[nH]c(=O)[nH]c1=O. The first-order valence-electron chi connectivity index (χ1n) is 3.69. The van der Waals surface area contributed by atoms with E-state index in [0.717, 1.165) is 0 Å². The van der Waals surface area contributed by atoms with Crippen LogP contribution in [0.4, 0.5) is 0 Å². The zero-order valence-corrected chi connectivity index (χ0v) is 7.10. The summed E-state index contributed by atoms with van der Waals surface area (Å²) >= 11 is 0. The van der Waals surface area contributed by atoms with Crippen molar-refractivity contribution in [2.45, 2.75) is 0 Å². The van der Waals surface area contributed by atoms with Gasteiger partial charge in [0, 0.05) is 6.20 Å². The highest BCUT2D eigenvalue weighted by molar-refractivity contribution is 5.29. The maximum atomic E-state index is 11.0. The molecule has 5 heteroatoms. The Morgan fingerprint density at radius 3 is 2.92 bits per heavy atom. The second kappa shape index (κ2) is 4.28. The van der Waals surface area contributed by atoms with Crippen molar-refractivity contribution in [3.05, 3.63) is 32.6 Å². The number of hydrogen-bond acceptors (Lipinski definition) is 3. The number of aromatic amines is 2. The van der Waals surface area contributed by atoms with Gasteiger partial charge in [0.25, 0.3) is 5.56 Å². The van der Waals surface area contributed by atoms with Crippen LogP contribution in [0.1, 0.15) is 5.56 Å². The van der Waals surface area contributed by atoms with Gasteiger partial charge in [-0.05, 0) is 7.05 Å². The van der Waals surface area contributed by atoms with Crippen molar-refractivity contribution in [3.63, 3.8) is 0 Å². The normalized spacial score (nSPS) is 9.00. The van der Waals surface area contributed by atoms with Crippen LogP contribution in [0.2, 0.25) is 0 Å². The molecule has 0 spiro atoms. The number of aromatic nitrogens is 2. The molecule has 13 heavy (non-hydrogen) atoms. The molecule has 0 bridgehead atoms. The lowest BCUT2D eigenvalue weighted by Gasteiger charge is -1.86. The Labute approximate surface area is 74.2 Å². The predicted octanol–water partition coefficient (Wildman–Crippen LogP) is -1.37. The highest BCUT2D eigenvalue weighted by Gasteiger charge is 1.93. The Hall–Kier alpha value is -1.80. The molecule has 1 rings (SSSR count). The van der Waals surface area contributed by atoms with Gasteiger partial charge in [0.05, 0.1) is 6.54 Å². The quantitative estimate of drug-likeness (QED) is 0.466. The molecule has 0 aromatic carbocycles. The second-order valence-electron chi connectivity index (χ2n) is 2.32. The minimum atomic E-state index is -0.524. The van der Waals surface area contributed by atoms with Gasteiger partial charge in [-0.3, -0.25) is 9.78 Å². The van der Waals surface area contributed by atoms with Crippen molar-refractivity contribution in [2.75, 3.05) is 13.6 Å². The maximum Gasteiger partial charge on any atom is 0.325 e. The third-order valence-corrected chi connectivity index (χ3v) is 1.31. The molecule has 1 aromatic heterocycles. The van der Waals surface area contributed by atoms with E-state index in [1.807, 2.05) is 0 Å². The van der Waals surface area contributed by atoms with Crippen molar-refractivity contribution in [2.24, 2.45) is 0 Å². The fourth-order valence-electron chi connectivity index (χ4n) is 0.730. The average Bonchev–Trinajstić information content (AvgIpc) is 2.09. The molecule has 1 aromatic rings. The minimum Gasteiger partial charge on any atom is -0.313 e. The Morgan fingerprint density at radius 2 is 2.31 bits per heavy atom. The number of H-pyrrole nitrogens is 2. The number of rotatable bonds is 1. The van der Waals surface area contributed by atoms with E-state index in [-0.39, 0.29) is 5.56 Å². The van der Waals surface area contributed by atoms with E-state index < -0.39 is 11.2 Å².